The minimum atomic E-state index is -0.0559. The number of nitrogens with zero attached hydrogens (tertiary/aromatic N) is 2. The number of carbonyl (C=O) groups excluding carboxylic acids is 2. The first-order valence-electron chi connectivity index (χ1n) is 10.9. The van der Waals surface area contributed by atoms with Crippen LogP contribution in [0.25, 0.3) is 0 Å². The molecule has 2 fully saturated rings. The maximum Gasteiger partial charge on any atom is 0.289 e. The van der Waals surface area contributed by atoms with Crippen molar-refractivity contribution >= 4 is 11.8 Å². The molecule has 0 radical (unpaired) electrons. The van der Waals surface area contributed by atoms with Crippen LogP contribution in [-0.2, 0) is 0 Å². The molecule has 3 heterocycles. The minimum Gasteiger partial charge on any atom is -0.493 e. The second-order valence-electron chi connectivity index (χ2n) is 8.55. The molecule has 0 saturated carbocycles. The van der Waals surface area contributed by atoms with E-state index in [1.54, 1.807) is 12.1 Å². The van der Waals surface area contributed by atoms with Crippen molar-refractivity contribution in [2.75, 3.05) is 32.8 Å². The number of amides is 2. The van der Waals surface area contributed by atoms with E-state index in [1.165, 1.54) is 6.26 Å². The normalized spacial score (nSPS) is 20.2. The molecule has 0 unspecified atom stereocenters. The summed E-state index contributed by atoms with van der Waals surface area (Å²) >= 11 is 0. The van der Waals surface area contributed by atoms with Crippen molar-refractivity contribution in [1.29, 1.82) is 0 Å². The summed E-state index contributed by atoms with van der Waals surface area (Å²) in [5, 5.41) is 0. The van der Waals surface area contributed by atoms with E-state index in [4.69, 9.17) is 9.15 Å². The number of furan rings is 1. The van der Waals surface area contributed by atoms with Gasteiger partial charge >= 0.3 is 0 Å². The second kappa shape index (κ2) is 9.37. The number of hydrogen-bond acceptors (Lipinski definition) is 4. The zero-order valence-electron chi connectivity index (χ0n) is 17.6. The van der Waals surface area contributed by atoms with Gasteiger partial charge < -0.3 is 19.0 Å². The van der Waals surface area contributed by atoms with Gasteiger partial charge in [-0.1, -0.05) is 6.92 Å². The fourth-order valence-electron chi connectivity index (χ4n) is 4.24. The van der Waals surface area contributed by atoms with Crippen LogP contribution in [0.1, 0.15) is 53.5 Å². The van der Waals surface area contributed by atoms with Crippen LogP contribution >= 0.6 is 0 Å². The number of ether oxygens (including phenoxy) is 1. The summed E-state index contributed by atoms with van der Waals surface area (Å²) in [7, 11) is 0. The maximum absolute atomic E-state index is 12.7. The Morgan fingerprint density at radius 3 is 2.47 bits per heavy atom. The highest BCUT2D eigenvalue weighted by Crippen LogP contribution is 2.22. The zero-order chi connectivity index (χ0) is 20.9. The van der Waals surface area contributed by atoms with Crippen molar-refractivity contribution in [1.82, 2.24) is 9.80 Å². The second-order valence-corrected chi connectivity index (χ2v) is 8.55. The third kappa shape index (κ3) is 4.86. The van der Waals surface area contributed by atoms with E-state index in [2.05, 4.69) is 6.92 Å². The molecule has 2 amide bonds. The molecule has 2 aliphatic heterocycles. The standard InChI is InChI=1S/C24H30N2O4/c1-18-10-13-25(14-11-18)23(27)20-6-8-21(9-7-20)30-17-19-4-2-12-26(16-19)24(28)22-5-3-15-29-22/h3,5-9,15,18-19H,2,4,10-14,16-17H2,1H3/t19-/m0/s1. The Balaban J connectivity index is 1.27. The molecule has 4 rings (SSSR count). The van der Waals surface area contributed by atoms with Crippen LogP contribution in [0.4, 0.5) is 0 Å². The number of piperidine rings is 2. The number of hydrogen-bond donors (Lipinski definition) is 0. The lowest BCUT2D eigenvalue weighted by atomic mass is 9.98. The Morgan fingerprint density at radius 2 is 1.77 bits per heavy atom. The summed E-state index contributed by atoms with van der Waals surface area (Å²) in [6, 6.07) is 10.9. The molecular formula is C24H30N2O4. The highest BCUT2D eigenvalue weighted by atomic mass is 16.5. The van der Waals surface area contributed by atoms with Gasteiger partial charge in [0.25, 0.3) is 11.8 Å². The molecule has 1 aromatic carbocycles. The van der Waals surface area contributed by atoms with Crippen LogP contribution in [0.2, 0.25) is 0 Å². The van der Waals surface area contributed by atoms with Gasteiger partial charge in [0.05, 0.1) is 12.9 Å². The molecular weight excluding hydrogens is 380 g/mol. The van der Waals surface area contributed by atoms with Gasteiger partial charge in [-0.2, -0.15) is 0 Å². The summed E-state index contributed by atoms with van der Waals surface area (Å²) in [4.78, 5) is 28.9. The smallest absolute Gasteiger partial charge is 0.289 e. The van der Waals surface area contributed by atoms with Gasteiger partial charge in [0.2, 0.25) is 0 Å². The van der Waals surface area contributed by atoms with Gasteiger partial charge in [0.15, 0.2) is 5.76 Å². The predicted molar refractivity (Wildman–Crippen MR) is 114 cm³/mol. The molecule has 0 aliphatic carbocycles. The van der Waals surface area contributed by atoms with E-state index in [0.29, 0.717) is 30.4 Å². The Morgan fingerprint density at radius 1 is 1.00 bits per heavy atom. The predicted octanol–water partition coefficient (Wildman–Crippen LogP) is 4.08. The van der Waals surface area contributed by atoms with E-state index in [1.807, 2.05) is 34.1 Å². The van der Waals surface area contributed by atoms with Crippen LogP contribution in [0.3, 0.4) is 0 Å². The average Bonchev–Trinajstić information content (AvgIpc) is 3.33. The average molecular weight is 411 g/mol. The molecule has 2 saturated heterocycles. The van der Waals surface area contributed by atoms with Crippen LogP contribution in [-0.4, -0.2) is 54.4 Å². The molecule has 160 valence electrons. The van der Waals surface area contributed by atoms with E-state index in [9.17, 15) is 9.59 Å². The van der Waals surface area contributed by atoms with E-state index in [0.717, 1.165) is 51.1 Å². The first-order valence-corrected chi connectivity index (χ1v) is 10.9. The fraction of sp³-hybridized carbons (Fsp3) is 0.500. The molecule has 2 aliphatic rings. The first kappa shape index (κ1) is 20.5. The summed E-state index contributed by atoms with van der Waals surface area (Å²) < 4.78 is 11.2. The quantitative estimate of drug-likeness (QED) is 0.745. The summed E-state index contributed by atoms with van der Waals surface area (Å²) in [6.45, 7) is 5.90. The minimum absolute atomic E-state index is 0.0559. The Bertz CT molecular complexity index is 839. The van der Waals surface area contributed by atoms with Gasteiger partial charge in [-0.3, -0.25) is 9.59 Å². The summed E-state index contributed by atoms with van der Waals surface area (Å²) in [6.07, 6.45) is 5.67. The summed E-state index contributed by atoms with van der Waals surface area (Å²) in [5.74, 6) is 2.19. The molecule has 1 atom stereocenters. The molecule has 30 heavy (non-hydrogen) atoms. The van der Waals surface area contributed by atoms with Gasteiger partial charge in [-0.05, 0) is 68.0 Å². The van der Waals surface area contributed by atoms with Gasteiger partial charge in [0, 0.05) is 37.7 Å². The number of likely N-dealkylation sites (tertiary alicyclic amines) is 2. The third-order valence-electron chi connectivity index (χ3n) is 6.20. The van der Waals surface area contributed by atoms with Gasteiger partial charge in [0.1, 0.15) is 5.75 Å². The Labute approximate surface area is 177 Å². The molecule has 6 nitrogen and oxygen atoms in total. The fourth-order valence-corrected chi connectivity index (χ4v) is 4.24. The van der Waals surface area contributed by atoms with E-state index >= 15 is 0 Å². The molecule has 0 bridgehead atoms. The number of carbonyl (C=O) groups is 2. The highest BCUT2D eigenvalue weighted by Gasteiger charge is 2.26. The largest absolute Gasteiger partial charge is 0.493 e. The summed E-state index contributed by atoms with van der Waals surface area (Å²) in [5.41, 5.74) is 0.713. The maximum atomic E-state index is 12.7. The van der Waals surface area contributed by atoms with Crippen molar-refractivity contribution in [3.63, 3.8) is 0 Å². The lowest BCUT2D eigenvalue weighted by Gasteiger charge is -2.32. The zero-order valence-corrected chi connectivity index (χ0v) is 17.6. The topological polar surface area (TPSA) is 63.0 Å². The molecule has 2 aromatic rings. The highest BCUT2D eigenvalue weighted by molar-refractivity contribution is 5.94. The number of rotatable bonds is 5. The molecule has 6 heteroatoms. The van der Waals surface area contributed by atoms with Crippen LogP contribution in [0.15, 0.2) is 47.1 Å². The van der Waals surface area contributed by atoms with Gasteiger partial charge in [-0.25, -0.2) is 0 Å². The van der Waals surface area contributed by atoms with Crippen LogP contribution in [0.5, 0.6) is 5.75 Å². The van der Waals surface area contributed by atoms with Crippen LogP contribution in [0, 0.1) is 11.8 Å². The lowest BCUT2D eigenvalue weighted by molar-refractivity contribution is 0.0602. The van der Waals surface area contributed by atoms with Crippen LogP contribution < -0.4 is 4.74 Å². The monoisotopic (exact) mass is 410 g/mol. The SMILES string of the molecule is CC1CCN(C(=O)c2ccc(OC[C@H]3CCCN(C(=O)c4ccco4)C3)cc2)CC1. The molecule has 0 N–H and O–H groups in total. The van der Waals surface area contributed by atoms with Crippen molar-refractivity contribution in [3.05, 3.63) is 54.0 Å². The van der Waals surface area contributed by atoms with E-state index in [-0.39, 0.29) is 17.7 Å². The third-order valence-corrected chi connectivity index (χ3v) is 6.20. The Kier molecular flexibility index (Phi) is 6.41. The van der Waals surface area contributed by atoms with E-state index < -0.39 is 0 Å². The van der Waals surface area contributed by atoms with Gasteiger partial charge in [-0.15, -0.1) is 0 Å². The van der Waals surface area contributed by atoms with Crippen molar-refractivity contribution in [3.8, 4) is 5.75 Å². The molecule has 0 spiro atoms. The number of benzene rings is 1. The van der Waals surface area contributed by atoms with Crippen molar-refractivity contribution in [2.45, 2.75) is 32.6 Å². The van der Waals surface area contributed by atoms with Crippen molar-refractivity contribution < 1.29 is 18.7 Å². The van der Waals surface area contributed by atoms with Crippen molar-refractivity contribution in [2.24, 2.45) is 11.8 Å². The Hall–Kier alpha value is -2.76. The molecule has 1 aromatic heterocycles. The lowest BCUT2D eigenvalue weighted by Crippen LogP contribution is -2.41. The first-order chi connectivity index (χ1) is 14.6.